The molecule has 2 amide bonds. The van der Waals surface area contributed by atoms with Gasteiger partial charge in [0.15, 0.2) is 0 Å². The van der Waals surface area contributed by atoms with Crippen LogP contribution in [0.5, 0.6) is 0 Å². The van der Waals surface area contributed by atoms with Crippen molar-refractivity contribution in [3.63, 3.8) is 0 Å². The molecule has 142 valence electrons. The molecule has 2 heterocycles. The SMILES string of the molecule is O=C(NC1CCCCC1)[C@@H]1CCc2sc(C(=O)N3CCOCC3)cc2C1. The molecule has 1 atom stereocenters. The molecule has 4 rings (SSSR count). The molecule has 2 aliphatic carbocycles. The van der Waals surface area contributed by atoms with Gasteiger partial charge in [-0.25, -0.2) is 0 Å². The number of amides is 2. The first-order chi connectivity index (χ1) is 12.7. The highest BCUT2D eigenvalue weighted by molar-refractivity contribution is 7.14. The number of nitrogens with one attached hydrogen (secondary N) is 1. The Morgan fingerprint density at radius 2 is 1.88 bits per heavy atom. The zero-order valence-corrected chi connectivity index (χ0v) is 16.1. The number of hydrogen-bond donors (Lipinski definition) is 1. The van der Waals surface area contributed by atoms with Crippen LogP contribution in [0, 0.1) is 5.92 Å². The monoisotopic (exact) mass is 376 g/mol. The van der Waals surface area contributed by atoms with Crippen molar-refractivity contribution in [2.45, 2.75) is 57.4 Å². The van der Waals surface area contributed by atoms with E-state index in [9.17, 15) is 9.59 Å². The fourth-order valence-electron chi connectivity index (χ4n) is 4.34. The number of morpholine rings is 1. The fourth-order valence-corrected chi connectivity index (χ4v) is 5.52. The lowest BCUT2D eigenvalue weighted by atomic mass is 9.87. The molecule has 2 fully saturated rings. The molecule has 0 unspecified atom stereocenters. The fraction of sp³-hybridized carbons (Fsp3) is 0.700. The third-order valence-corrected chi connectivity index (χ3v) is 7.14. The van der Waals surface area contributed by atoms with Crippen molar-refractivity contribution in [1.29, 1.82) is 0 Å². The number of nitrogens with zero attached hydrogens (tertiary/aromatic N) is 1. The highest BCUT2D eigenvalue weighted by atomic mass is 32.1. The molecule has 1 saturated carbocycles. The van der Waals surface area contributed by atoms with Crippen molar-refractivity contribution in [3.05, 3.63) is 21.4 Å². The molecule has 26 heavy (non-hydrogen) atoms. The summed E-state index contributed by atoms with van der Waals surface area (Å²) in [5.41, 5.74) is 1.21. The Morgan fingerprint density at radius 1 is 1.12 bits per heavy atom. The molecule has 3 aliphatic rings. The Kier molecular flexibility index (Phi) is 5.60. The first-order valence-corrected chi connectivity index (χ1v) is 10.8. The maximum Gasteiger partial charge on any atom is 0.264 e. The number of fused-ring (bicyclic) bond motifs is 1. The van der Waals surface area contributed by atoms with Crippen LogP contribution in [-0.4, -0.2) is 49.1 Å². The van der Waals surface area contributed by atoms with Crippen molar-refractivity contribution in [2.75, 3.05) is 26.3 Å². The van der Waals surface area contributed by atoms with E-state index in [0.717, 1.165) is 37.0 Å². The molecule has 0 spiro atoms. The third kappa shape index (κ3) is 3.96. The third-order valence-electron chi connectivity index (χ3n) is 5.91. The molecule has 0 aromatic carbocycles. The van der Waals surface area contributed by atoms with Crippen molar-refractivity contribution >= 4 is 23.2 Å². The predicted octanol–water partition coefficient (Wildman–Crippen LogP) is 2.77. The lowest BCUT2D eigenvalue weighted by Crippen LogP contribution is -2.41. The van der Waals surface area contributed by atoms with Crippen LogP contribution in [0.15, 0.2) is 6.07 Å². The van der Waals surface area contributed by atoms with Crippen molar-refractivity contribution in [1.82, 2.24) is 10.2 Å². The van der Waals surface area contributed by atoms with E-state index in [4.69, 9.17) is 4.74 Å². The van der Waals surface area contributed by atoms with Gasteiger partial charge in [0.2, 0.25) is 5.91 Å². The number of carbonyl (C=O) groups is 2. The minimum absolute atomic E-state index is 0.0605. The van der Waals surface area contributed by atoms with Gasteiger partial charge < -0.3 is 15.0 Å². The molecule has 1 aromatic rings. The lowest BCUT2D eigenvalue weighted by molar-refractivity contribution is -0.126. The summed E-state index contributed by atoms with van der Waals surface area (Å²) in [7, 11) is 0. The number of thiophene rings is 1. The largest absolute Gasteiger partial charge is 0.378 e. The Hall–Kier alpha value is -1.40. The maximum absolute atomic E-state index is 12.7. The van der Waals surface area contributed by atoms with Gasteiger partial charge in [0.05, 0.1) is 18.1 Å². The van der Waals surface area contributed by atoms with E-state index in [1.54, 1.807) is 11.3 Å². The van der Waals surface area contributed by atoms with Crippen LogP contribution in [0.3, 0.4) is 0 Å². The molecule has 1 saturated heterocycles. The highest BCUT2D eigenvalue weighted by Gasteiger charge is 2.30. The van der Waals surface area contributed by atoms with Crippen LogP contribution in [0.1, 0.15) is 58.6 Å². The summed E-state index contributed by atoms with van der Waals surface area (Å²) in [6, 6.07) is 2.41. The summed E-state index contributed by atoms with van der Waals surface area (Å²) >= 11 is 1.62. The summed E-state index contributed by atoms with van der Waals surface area (Å²) in [6.07, 6.45) is 8.61. The minimum atomic E-state index is 0.0605. The van der Waals surface area contributed by atoms with Crippen LogP contribution in [0.4, 0.5) is 0 Å². The number of rotatable bonds is 3. The molecule has 5 nitrogen and oxygen atoms in total. The normalized spacial score (nSPS) is 24.2. The van der Waals surface area contributed by atoms with Crippen LogP contribution in [0.25, 0.3) is 0 Å². The first-order valence-electron chi connectivity index (χ1n) is 9.99. The van der Waals surface area contributed by atoms with Gasteiger partial charge in [-0.15, -0.1) is 11.3 Å². The van der Waals surface area contributed by atoms with E-state index in [-0.39, 0.29) is 17.7 Å². The minimum Gasteiger partial charge on any atom is -0.378 e. The quantitative estimate of drug-likeness (QED) is 0.882. The van der Waals surface area contributed by atoms with Gasteiger partial charge in [0, 0.05) is 29.9 Å². The van der Waals surface area contributed by atoms with E-state index in [2.05, 4.69) is 5.32 Å². The number of hydrogen-bond acceptors (Lipinski definition) is 4. The maximum atomic E-state index is 12.7. The molecule has 1 N–H and O–H groups in total. The van der Waals surface area contributed by atoms with Gasteiger partial charge in [-0.3, -0.25) is 9.59 Å². The number of ether oxygens (including phenoxy) is 1. The van der Waals surface area contributed by atoms with E-state index in [1.807, 2.05) is 11.0 Å². The van der Waals surface area contributed by atoms with Gasteiger partial charge in [-0.05, 0) is 43.7 Å². The lowest BCUT2D eigenvalue weighted by Gasteiger charge is -2.27. The van der Waals surface area contributed by atoms with Gasteiger partial charge in [0.25, 0.3) is 5.91 Å². The molecule has 0 radical (unpaired) electrons. The summed E-state index contributed by atoms with van der Waals surface area (Å²) in [5, 5.41) is 3.28. The van der Waals surface area contributed by atoms with Crippen LogP contribution >= 0.6 is 11.3 Å². The molecule has 1 aromatic heterocycles. The van der Waals surface area contributed by atoms with E-state index in [0.29, 0.717) is 32.3 Å². The summed E-state index contributed by atoms with van der Waals surface area (Å²) in [6.45, 7) is 2.60. The van der Waals surface area contributed by atoms with Gasteiger partial charge in [-0.2, -0.15) is 0 Å². The van der Waals surface area contributed by atoms with Gasteiger partial charge in [-0.1, -0.05) is 19.3 Å². The zero-order chi connectivity index (χ0) is 17.9. The molecule has 1 aliphatic heterocycles. The topological polar surface area (TPSA) is 58.6 Å². The van der Waals surface area contributed by atoms with Gasteiger partial charge >= 0.3 is 0 Å². The molecule has 0 bridgehead atoms. The standard InChI is InChI=1S/C20H28N2O3S/c23-19(21-16-4-2-1-3-5-16)14-6-7-17-15(12-14)13-18(26-17)20(24)22-8-10-25-11-9-22/h13-14,16H,1-12H2,(H,21,23)/t14-/m1/s1. The Balaban J connectivity index is 1.38. The zero-order valence-electron chi connectivity index (χ0n) is 15.3. The second-order valence-electron chi connectivity index (χ2n) is 7.75. The summed E-state index contributed by atoms with van der Waals surface area (Å²) in [4.78, 5) is 29.4. The van der Waals surface area contributed by atoms with Crippen LogP contribution in [-0.2, 0) is 22.4 Å². The number of carbonyl (C=O) groups excluding carboxylic acids is 2. The van der Waals surface area contributed by atoms with E-state index < -0.39 is 0 Å². The number of aryl methyl sites for hydroxylation is 1. The van der Waals surface area contributed by atoms with E-state index in [1.165, 1.54) is 29.7 Å². The Labute approximate surface area is 159 Å². The van der Waals surface area contributed by atoms with Crippen LogP contribution < -0.4 is 5.32 Å². The second kappa shape index (κ2) is 8.09. The van der Waals surface area contributed by atoms with Crippen LogP contribution in [0.2, 0.25) is 0 Å². The average Bonchev–Trinajstić information content (AvgIpc) is 3.12. The Morgan fingerprint density at radius 3 is 2.65 bits per heavy atom. The van der Waals surface area contributed by atoms with E-state index >= 15 is 0 Å². The average molecular weight is 377 g/mol. The molecular weight excluding hydrogens is 348 g/mol. The molecular formula is C20H28N2O3S. The summed E-state index contributed by atoms with van der Waals surface area (Å²) in [5.74, 6) is 0.399. The Bertz CT molecular complexity index is 660. The summed E-state index contributed by atoms with van der Waals surface area (Å²) < 4.78 is 5.33. The van der Waals surface area contributed by atoms with Gasteiger partial charge in [0.1, 0.15) is 0 Å². The second-order valence-corrected chi connectivity index (χ2v) is 8.88. The smallest absolute Gasteiger partial charge is 0.264 e. The highest BCUT2D eigenvalue weighted by Crippen LogP contribution is 2.33. The predicted molar refractivity (Wildman–Crippen MR) is 102 cm³/mol. The van der Waals surface area contributed by atoms with Crippen molar-refractivity contribution in [3.8, 4) is 0 Å². The first kappa shape index (κ1) is 18.0. The van der Waals surface area contributed by atoms with Crippen molar-refractivity contribution < 1.29 is 14.3 Å². The molecule has 6 heteroatoms. The van der Waals surface area contributed by atoms with Crippen molar-refractivity contribution in [2.24, 2.45) is 5.92 Å².